The zero-order valence-corrected chi connectivity index (χ0v) is 11.5. The number of aromatic carboxylic acids is 1. The first kappa shape index (κ1) is 13.8. The Bertz CT molecular complexity index is 883. The molecule has 1 aromatic heterocycles. The third-order valence-electron chi connectivity index (χ3n) is 3.49. The molecular weight excluding hydrogens is 284 g/mol. The second kappa shape index (κ2) is 5.33. The van der Waals surface area contributed by atoms with Crippen LogP contribution in [0.1, 0.15) is 15.9 Å². The Hall–Kier alpha value is -3.15. The normalized spacial score (nSPS) is 10.7. The van der Waals surface area contributed by atoms with Crippen molar-refractivity contribution >= 4 is 22.6 Å². The van der Waals surface area contributed by atoms with Crippen molar-refractivity contribution in [3.8, 4) is 0 Å². The van der Waals surface area contributed by atoms with Crippen LogP contribution in [0.3, 0.4) is 0 Å². The van der Waals surface area contributed by atoms with E-state index < -0.39 is 10.9 Å². The van der Waals surface area contributed by atoms with Gasteiger partial charge in [0, 0.05) is 35.8 Å². The molecule has 0 aliphatic rings. The van der Waals surface area contributed by atoms with E-state index in [-0.39, 0.29) is 11.3 Å². The Balaban J connectivity index is 1.96. The van der Waals surface area contributed by atoms with Crippen molar-refractivity contribution in [1.82, 2.24) is 4.57 Å². The van der Waals surface area contributed by atoms with Gasteiger partial charge in [-0.3, -0.25) is 10.1 Å². The number of benzene rings is 2. The maximum atomic E-state index is 11.0. The lowest BCUT2D eigenvalue weighted by molar-refractivity contribution is -0.384. The summed E-state index contributed by atoms with van der Waals surface area (Å²) < 4.78 is 1.93. The van der Waals surface area contributed by atoms with Gasteiger partial charge in [0.2, 0.25) is 0 Å². The predicted octanol–water partition coefficient (Wildman–Crippen LogP) is 3.30. The molecule has 22 heavy (non-hydrogen) atoms. The van der Waals surface area contributed by atoms with Crippen LogP contribution in [-0.2, 0) is 6.54 Å². The Morgan fingerprint density at radius 2 is 2.00 bits per heavy atom. The van der Waals surface area contributed by atoms with E-state index >= 15 is 0 Å². The van der Waals surface area contributed by atoms with Crippen molar-refractivity contribution in [1.29, 1.82) is 0 Å². The van der Waals surface area contributed by atoms with Gasteiger partial charge in [-0.05, 0) is 29.8 Å². The fourth-order valence-corrected chi connectivity index (χ4v) is 2.44. The predicted molar refractivity (Wildman–Crippen MR) is 81.1 cm³/mol. The van der Waals surface area contributed by atoms with Crippen LogP contribution in [0.25, 0.3) is 10.9 Å². The number of nitro benzene ring substituents is 1. The quantitative estimate of drug-likeness (QED) is 0.591. The summed E-state index contributed by atoms with van der Waals surface area (Å²) in [6.45, 7) is 0.502. The molecule has 0 spiro atoms. The monoisotopic (exact) mass is 296 g/mol. The number of nitro groups is 1. The van der Waals surface area contributed by atoms with E-state index in [2.05, 4.69) is 0 Å². The van der Waals surface area contributed by atoms with Crippen molar-refractivity contribution in [2.75, 3.05) is 0 Å². The molecule has 0 radical (unpaired) electrons. The molecule has 0 atom stereocenters. The van der Waals surface area contributed by atoms with E-state index in [0.717, 1.165) is 16.5 Å². The maximum Gasteiger partial charge on any atom is 0.335 e. The molecule has 0 aliphatic carbocycles. The minimum absolute atomic E-state index is 0.0538. The number of hydrogen-bond acceptors (Lipinski definition) is 3. The summed E-state index contributed by atoms with van der Waals surface area (Å²) in [6.07, 6.45) is 1.84. The number of carboxylic acids is 1. The lowest BCUT2D eigenvalue weighted by Gasteiger charge is -2.06. The third-order valence-corrected chi connectivity index (χ3v) is 3.49. The summed E-state index contributed by atoms with van der Waals surface area (Å²) in [4.78, 5) is 21.4. The number of non-ortho nitro benzene ring substituents is 1. The van der Waals surface area contributed by atoms with Gasteiger partial charge in [0.05, 0.1) is 10.5 Å². The second-order valence-electron chi connectivity index (χ2n) is 4.95. The maximum absolute atomic E-state index is 11.0. The Morgan fingerprint density at radius 1 is 1.18 bits per heavy atom. The van der Waals surface area contributed by atoms with Gasteiger partial charge >= 0.3 is 5.97 Å². The SMILES string of the molecule is O=C(O)c1cccc(Cn2ccc3cc([N+](=O)[O-])ccc32)c1. The number of aromatic nitrogens is 1. The Labute approximate surface area is 125 Å². The molecule has 1 heterocycles. The van der Waals surface area contributed by atoms with Crippen LogP contribution in [0.2, 0.25) is 0 Å². The van der Waals surface area contributed by atoms with Gasteiger partial charge in [0.1, 0.15) is 0 Å². The second-order valence-corrected chi connectivity index (χ2v) is 4.95. The zero-order valence-electron chi connectivity index (χ0n) is 11.5. The van der Waals surface area contributed by atoms with E-state index in [0.29, 0.717) is 6.54 Å². The van der Waals surface area contributed by atoms with Crippen LogP contribution in [0, 0.1) is 10.1 Å². The summed E-state index contributed by atoms with van der Waals surface area (Å²) >= 11 is 0. The average Bonchev–Trinajstić information content (AvgIpc) is 2.90. The fourth-order valence-electron chi connectivity index (χ4n) is 2.44. The van der Waals surface area contributed by atoms with Crippen molar-refractivity contribution in [2.45, 2.75) is 6.54 Å². The van der Waals surface area contributed by atoms with Crippen molar-refractivity contribution in [3.05, 3.63) is 76.0 Å². The molecule has 2 aromatic carbocycles. The highest BCUT2D eigenvalue weighted by molar-refractivity contribution is 5.87. The molecule has 3 aromatic rings. The zero-order chi connectivity index (χ0) is 15.7. The van der Waals surface area contributed by atoms with Gasteiger partial charge in [0.25, 0.3) is 5.69 Å². The molecule has 110 valence electrons. The van der Waals surface area contributed by atoms with Crippen LogP contribution >= 0.6 is 0 Å². The van der Waals surface area contributed by atoms with E-state index in [1.165, 1.54) is 12.1 Å². The molecule has 6 nitrogen and oxygen atoms in total. The van der Waals surface area contributed by atoms with E-state index in [1.54, 1.807) is 24.3 Å². The first-order valence-corrected chi connectivity index (χ1v) is 6.60. The van der Waals surface area contributed by atoms with Crippen molar-refractivity contribution in [3.63, 3.8) is 0 Å². The summed E-state index contributed by atoms with van der Waals surface area (Å²) in [5.74, 6) is -0.963. The number of rotatable bonds is 4. The molecular formula is C16H12N2O4. The van der Waals surface area contributed by atoms with Crippen LogP contribution in [0.15, 0.2) is 54.7 Å². The highest BCUT2D eigenvalue weighted by Gasteiger charge is 2.09. The molecule has 0 saturated heterocycles. The van der Waals surface area contributed by atoms with Crippen molar-refractivity contribution in [2.24, 2.45) is 0 Å². The molecule has 0 unspecified atom stereocenters. The smallest absolute Gasteiger partial charge is 0.335 e. The Morgan fingerprint density at radius 3 is 2.73 bits per heavy atom. The molecule has 1 N–H and O–H groups in total. The number of hydrogen-bond donors (Lipinski definition) is 1. The number of nitrogens with zero attached hydrogens (tertiary/aromatic N) is 2. The standard InChI is InChI=1S/C16H12N2O4/c19-16(20)13-3-1-2-11(8-13)10-17-7-6-12-9-14(18(21)22)4-5-15(12)17/h1-9H,10H2,(H,19,20). The van der Waals surface area contributed by atoms with E-state index in [9.17, 15) is 14.9 Å². The lowest BCUT2D eigenvalue weighted by Crippen LogP contribution is -2.01. The molecule has 3 rings (SSSR count). The minimum Gasteiger partial charge on any atom is -0.478 e. The number of carbonyl (C=O) groups is 1. The van der Waals surface area contributed by atoms with Gasteiger partial charge in [-0.2, -0.15) is 0 Å². The van der Waals surface area contributed by atoms with Gasteiger partial charge in [-0.15, -0.1) is 0 Å². The third kappa shape index (κ3) is 2.54. The average molecular weight is 296 g/mol. The van der Waals surface area contributed by atoms with Crippen LogP contribution < -0.4 is 0 Å². The van der Waals surface area contributed by atoms with Gasteiger partial charge < -0.3 is 9.67 Å². The van der Waals surface area contributed by atoms with Gasteiger partial charge in [-0.1, -0.05) is 12.1 Å². The largest absolute Gasteiger partial charge is 0.478 e. The first-order chi connectivity index (χ1) is 10.5. The molecule has 0 saturated carbocycles. The van der Waals surface area contributed by atoms with Gasteiger partial charge in [0.15, 0.2) is 0 Å². The molecule has 0 aliphatic heterocycles. The number of fused-ring (bicyclic) bond motifs is 1. The summed E-state index contributed by atoms with van der Waals surface area (Å²) in [7, 11) is 0. The topological polar surface area (TPSA) is 85.4 Å². The van der Waals surface area contributed by atoms with Crippen LogP contribution in [0.5, 0.6) is 0 Å². The van der Waals surface area contributed by atoms with Crippen molar-refractivity contribution < 1.29 is 14.8 Å². The fraction of sp³-hybridized carbons (Fsp3) is 0.0625. The van der Waals surface area contributed by atoms with Gasteiger partial charge in [-0.25, -0.2) is 4.79 Å². The molecule has 0 bridgehead atoms. The molecule has 0 amide bonds. The first-order valence-electron chi connectivity index (χ1n) is 6.60. The van der Waals surface area contributed by atoms with E-state index in [4.69, 9.17) is 5.11 Å². The molecule has 6 heteroatoms. The highest BCUT2D eigenvalue weighted by Crippen LogP contribution is 2.22. The lowest BCUT2D eigenvalue weighted by atomic mass is 10.1. The minimum atomic E-state index is -0.963. The van der Waals surface area contributed by atoms with Crippen LogP contribution in [-0.4, -0.2) is 20.6 Å². The summed E-state index contributed by atoms with van der Waals surface area (Å²) in [5, 5.41) is 20.6. The number of carboxylic acid groups (broad SMARTS) is 1. The molecule has 0 fully saturated rings. The Kier molecular flexibility index (Phi) is 3.34. The highest BCUT2D eigenvalue weighted by atomic mass is 16.6. The van der Waals surface area contributed by atoms with E-state index in [1.807, 2.05) is 22.9 Å². The summed E-state index contributed by atoms with van der Waals surface area (Å²) in [5.41, 5.74) is 2.02. The summed E-state index contributed by atoms with van der Waals surface area (Å²) in [6, 6.07) is 13.2. The van der Waals surface area contributed by atoms with Crippen LogP contribution in [0.4, 0.5) is 5.69 Å².